The van der Waals surface area contributed by atoms with Gasteiger partial charge in [-0.25, -0.2) is 0 Å². The van der Waals surface area contributed by atoms with Crippen LogP contribution in [0.25, 0.3) is 0 Å². The van der Waals surface area contributed by atoms with Crippen molar-refractivity contribution in [2.24, 2.45) is 5.16 Å². The Labute approximate surface area is 119 Å². The van der Waals surface area contributed by atoms with E-state index in [9.17, 15) is 5.11 Å². The van der Waals surface area contributed by atoms with Crippen LogP contribution in [0.1, 0.15) is 25.8 Å². The van der Waals surface area contributed by atoms with Crippen molar-refractivity contribution < 1.29 is 14.7 Å². The number of hydrogen-bond donors (Lipinski definition) is 2. The molecule has 0 unspecified atom stereocenters. The minimum atomic E-state index is -0.566. The molecule has 1 aliphatic rings. The summed E-state index contributed by atoms with van der Waals surface area (Å²) in [5.41, 5.74) is 1.81. The van der Waals surface area contributed by atoms with Gasteiger partial charge in [-0.05, 0) is 12.1 Å². The molecule has 0 saturated heterocycles. The molecule has 20 heavy (non-hydrogen) atoms. The van der Waals surface area contributed by atoms with Crippen LogP contribution in [-0.2, 0) is 4.84 Å². The van der Waals surface area contributed by atoms with Gasteiger partial charge in [-0.15, -0.1) is 0 Å². The number of benzene rings is 1. The Hall–Kier alpha value is -1.59. The van der Waals surface area contributed by atoms with Crippen LogP contribution < -0.4 is 10.1 Å². The lowest BCUT2D eigenvalue weighted by Crippen LogP contribution is -2.39. The highest BCUT2D eigenvalue weighted by Crippen LogP contribution is 2.21. The molecule has 0 amide bonds. The van der Waals surface area contributed by atoms with E-state index in [1.165, 1.54) is 0 Å². The minimum Gasteiger partial charge on any atom is -0.497 e. The van der Waals surface area contributed by atoms with Gasteiger partial charge in [0.15, 0.2) is 6.10 Å². The molecule has 5 heteroatoms. The molecule has 1 aromatic carbocycles. The van der Waals surface area contributed by atoms with Crippen molar-refractivity contribution in [1.82, 2.24) is 5.32 Å². The molecule has 110 valence electrons. The Morgan fingerprint density at radius 3 is 3.00 bits per heavy atom. The molecule has 0 radical (unpaired) electrons. The Balaban J connectivity index is 1.93. The van der Waals surface area contributed by atoms with E-state index in [-0.39, 0.29) is 6.10 Å². The quantitative estimate of drug-likeness (QED) is 0.828. The first-order chi connectivity index (χ1) is 9.60. The number of oxime groups is 1. The first-order valence-corrected chi connectivity index (χ1v) is 6.88. The Kier molecular flexibility index (Phi) is 4.98. The second kappa shape index (κ2) is 6.72. The zero-order valence-corrected chi connectivity index (χ0v) is 12.2. The van der Waals surface area contributed by atoms with E-state index in [0.717, 1.165) is 17.0 Å². The first kappa shape index (κ1) is 14.8. The van der Waals surface area contributed by atoms with Crippen LogP contribution in [0.4, 0.5) is 0 Å². The van der Waals surface area contributed by atoms with Crippen LogP contribution in [-0.4, -0.2) is 42.7 Å². The van der Waals surface area contributed by atoms with Gasteiger partial charge in [0.25, 0.3) is 0 Å². The lowest BCUT2D eigenvalue weighted by Gasteiger charge is -2.18. The summed E-state index contributed by atoms with van der Waals surface area (Å²) in [6, 6.07) is 8.03. The van der Waals surface area contributed by atoms with Gasteiger partial charge in [0, 0.05) is 24.6 Å². The third-order valence-corrected chi connectivity index (χ3v) is 3.26. The maximum atomic E-state index is 10.1. The number of nitrogens with one attached hydrogen (secondary N) is 1. The normalized spacial score (nSPS) is 19.6. The van der Waals surface area contributed by atoms with E-state index in [1.54, 1.807) is 7.11 Å². The molecule has 2 atom stereocenters. The number of ether oxygens (including phenoxy) is 1. The molecule has 1 heterocycles. The molecular formula is C15H22N2O3. The SMILES string of the molecule is COc1cccc(C2=NO[C@H]([C@@H](O)CNC(C)C)C2)c1. The van der Waals surface area contributed by atoms with Crippen molar-refractivity contribution in [2.75, 3.05) is 13.7 Å². The topological polar surface area (TPSA) is 63.1 Å². The van der Waals surface area contributed by atoms with Crippen molar-refractivity contribution in [3.8, 4) is 5.75 Å². The van der Waals surface area contributed by atoms with Crippen molar-refractivity contribution >= 4 is 5.71 Å². The molecule has 1 aliphatic heterocycles. The first-order valence-electron chi connectivity index (χ1n) is 6.88. The minimum absolute atomic E-state index is 0.289. The molecule has 0 spiro atoms. The molecule has 0 saturated carbocycles. The third-order valence-electron chi connectivity index (χ3n) is 3.26. The molecular weight excluding hydrogens is 256 g/mol. The summed E-state index contributed by atoms with van der Waals surface area (Å²) < 4.78 is 5.20. The Bertz CT molecular complexity index is 474. The van der Waals surface area contributed by atoms with E-state index < -0.39 is 6.10 Å². The van der Waals surface area contributed by atoms with Crippen LogP contribution in [0.2, 0.25) is 0 Å². The highest BCUT2D eigenvalue weighted by atomic mass is 16.7. The van der Waals surface area contributed by atoms with Crippen LogP contribution in [0.3, 0.4) is 0 Å². The van der Waals surface area contributed by atoms with Crippen LogP contribution in [0.15, 0.2) is 29.4 Å². The van der Waals surface area contributed by atoms with E-state index >= 15 is 0 Å². The fourth-order valence-electron chi connectivity index (χ4n) is 2.06. The summed E-state index contributed by atoms with van der Waals surface area (Å²) in [4.78, 5) is 5.34. The van der Waals surface area contributed by atoms with Gasteiger partial charge in [-0.2, -0.15) is 0 Å². The predicted molar refractivity (Wildman–Crippen MR) is 78.2 cm³/mol. The van der Waals surface area contributed by atoms with Crippen LogP contribution >= 0.6 is 0 Å². The summed E-state index contributed by atoms with van der Waals surface area (Å²) in [5.74, 6) is 0.788. The van der Waals surface area contributed by atoms with Crippen molar-refractivity contribution in [2.45, 2.75) is 38.5 Å². The molecule has 2 N–H and O–H groups in total. The summed E-state index contributed by atoms with van der Waals surface area (Å²) in [7, 11) is 1.64. The molecule has 2 rings (SSSR count). The third kappa shape index (κ3) is 3.71. The molecule has 5 nitrogen and oxygen atoms in total. The average Bonchev–Trinajstić information content (AvgIpc) is 2.94. The number of methoxy groups -OCH3 is 1. The number of aliphatic hydroxyl groups is 1. The summed E-state index contributed by atoms with van der Waals surface area (Å²) >= 11 is 0. The Morgan fingerprint density at radius 2 is 2.30 bits per heavy atom. The van der Waals surface area contributed by atoms with Crippen molar-refractivity contribution in [3.05, 3.63) is 29.8 Å². The molecule has 0 fully saturated rings. The van der Waals surface area contributed by atoms with Gasteiger partial charge in [0.1, 0.15) is 11.9 Å². The second-order valence-corrected chi connectivity index (χ2v) is 5.25. The Morgan fingerprint density at radius 1 is 1.50 bits per heavy atom. The standard InChI is InChI=1S/C15H22N2O3/c1-10(2)16-9-14(18)15-8-13(17-20-15)11-5-4-6-12(7-11)19-3/h4-7,10,14-16,18H,8-9H2,1-3H3/t14-,15-/m0/s1. The van der Waals surface area contributed by atoms with Crippen LogP contribution in [0.5, 0.6) is 5.75 Å². The second-order valence-electron chi connectivity index (χ2n) is 5.25. The number of hydrogen-bond acceptors (Lipinski definition) is 5. The number of aliphatic hydroxyl groups excluding tert-OH is 1. The number of nitrogens with zero attached hydrogens (tertiary/aromatic N) is 1. The lowest BCUT2D eigenvalue weighted by atomic mass is 10.0. The molecule has 1 aromatic rings. The van der Waals surface area contributed by atoms with Crippen LogP contribution in [0, 0.1) is 0 Å². The molecule has 0 aromatic heterocycles. The number of rotatable bonds is 6. The highest BCUT2D eigenvalue weighted by molar-refractivity contribution is 6.01. The van der Waals surface area contributed by atoms with Gasteiger partial charge in [0.05, 0.1) is 12.8 Å². The fourth-order valence-corrected chi connectivity index (χ4v) is 2.06. The zero-order chi connectivity index (χ0) is 14.5. The maximum Gasteiger partial charge on any atom is 0.160 e. The average molecular weight is 278 g/mol. The maximum absolute atomic E-state index is 10.1. The molecule has 0 bridgehead atoms. The zero-order valence-electron chi connectivity index (χ0n) is 12.2. The van der Waals surface area contributed by atoms with E-state index in [0.29, 0.717) is 19.0 Å². The van der Waals surface area contributed by atoms with Gasteiger partial charge < -0.3 is 20.0 Å². The fraction of sp³-hybridized carbons (Fsp3) is 0.533. The molecule has 0 aliphatic carbocycles. The summed E-state index contributed by atoms with van der Waals surface area (Å²) in [6.45, 7) is 4.59. The van der Waals surface area contributed by atoms with Gasteiger partial charge >= 0.3 is 0 Å². The van der Waals surface area contributed by atoms with E-state index in [1.807, 2.05) is 38.1 Å². The summed E-state index contributed by atoms with van der Waals surface area (Å²) in [6.07, 6.45) is -0.250. The highest BCUT2D eigenvalue weighted by Gasteiger charge is 2.29. The predicted octanol–water partition coefficient (Wildman–Crippen LogP) is 1.55. The van der Waals surface area contributed by atoms with E-state index in [2.05, 4.69) is 10.5 Å². The van der Waals surface area contributed by atoms with Crippen molar-refractivity contribution in [1.29, 1.82) is 0 Å². The van der Waals surface area contributed by atoms with Gasteiger partial charge in [-0.1, -0.05) is 31.1 Å². The van der Waals surface area contributed by atoms with Gasteiger partial charge in [-0.3, -0.25) is 0 Å². The van der Waals surface area contributed by atoms with E-state index in [4.69, 9.17) is 9.57 Å². The summed E-state index contributed by atoms with van der Waals surface area (Å²) in [5, 5.41) is 17.4. The monoisotopic (exact) mass is 278 g/mol. The van der Waals surface area contributed by atoms with Gasteiger partial charge in [0.2, 0.25) is 0 Å². The smallest absolute Gasteiger partial charge is 0.160 e. The lowest BCUT2D eigenvalue weighted by molar-refractivity contribution is -0.0166. The van der Waals surface area contributed by atoms with Crippen molar-refractivity contribution in [3.63, 3.8) is 0 Å². The largest absolute Gasteiger partial charge is 0.497 e.